The Morgan fingerprint density at radius 1 is 1.29 bits per heavy atom. The first-order valence-electron chi connectivity index (χ1n) is 8.51. The zero-order chi connectivity index (χ0) is 21.0. The molecule has 0 aliphatic carbocycles. The van der Waals surface area contributed by atoms with E-state index in [2.05, 4.69) is 0 Å². The molecule has 1 aromatic heterocycles. The first-order chi connectivity index (χ1) is 13.2. The lowest BCUT2D eigenvalue weighted by atomic mass is 10.0. The number of hydrogen-bond acceptors (Lipinski definition) is 6. The molecule has 0 aliphatic rings. The highest BCUT2D eigenvalue weighted by Gasteiger charge is 2.24. The lowest BCUT2D eigenvalue weighted by Gasteiger charge is -2.16. The summed E-state index contributed by atoms with van der Waals surface area (Å²) in [5, 5.41) is 20.4. The van der Waals surface area contributed by atoms with E-state index in [1.165, 1.54) is 14.0 Å². The molecule has 0 radical (unpaired) electrons. The molecule has 28 heavy (non-hydrogen) atoms. The van der Waals surface area contributed by atoms with E-state index in [0.29, 0.717) is 10.8 Å². The molecule has 1 heterocycles. The van der Waals surface area contributed by atoms with Gasteiger partial charge in [0.05, 0.1) is 18.7 Å². The van der Waals surface area contributed by atoms with Gasteiger partial charge in [0, 0.05) is 12.1 Å². The zero-order valence-corrected chi connectivity index (χ0v) is 16.9. The maximum Gasteiger partial charge on any atom is 0.271 e. The standard InChI is InChI=1S/C20H21ClN2O5/c1-11-7-14(8-12(2)18(11)21)28-10-16(24)17-13(3)15(9-22)19(25)23(20(17)26)5-6-27-4/h7-8,26H,5-6,10H2,1-4H3. The molecule has 0 atom stereocenters. The second kappa shape index (κ2) is 8.91. The number of pyridine rings is 1. The molecule has 2 aromatic rings. The number of rotatable bonds is 7. The van der Waals surface area contributed by atoms with Crippen molar-refractivity contribution in [2.75, 3.05) is 20.3 Å². The summed E-state index contributed by atoms with van der Waals surface area (Å²) in [6.45, 7) is 4.86. The van der Waals surface area contributed by atoms with E-state index in [4.69, 9.17) is 21.1 Å². The van der Waals surface area contributed by atoms with Crippen LogP contribution >= 0.6 is 11.6 Å². The molecular weight excluding hydrogens is 384 g/mol. The number of ketones is 1. The fraction of sp³-hybridized carbons (Fsp3) is 0.350. The number of Topliss-reactive ketones (excluding diaryl/α,β-unsaturated/α-hetero) is 1. The number of halogens is 1. The van der Waals surface area contributed by atoms with Crippen LogP contribution in [0.5, 0.6) is 11.6 Å². The number of aromatic nitrogens is 1. The van der Waals surface area contributed by atoms with Gasteiger partial charge in [0.25, 0.3) is 5.56 Å². The van der Waals surface area contributed by atoms with Crippen LogP contribution in [0.4, 0.5) is 0 Å². The van der Waals surface area contributed by atoms with Crippen molar-refractivity contribution in [1.82, 2.24) is 4.57 Å². The van der Waals surface area contributed by atoms with Crippen LogP contribution in [-0.4, -0.2) is 35.8 Å². The fourth-order valence-corrected chi connectivity index (χ4v) is 2.99. The zero-order valence-electron chi connectivity index (χ0n) is 16.1. The molecule has 0 saturated carbocycles. The topological polar surface area (TPSA) is 102 Å². The number of benzene rings is 1. The van der Waals surface area contributed by atoms with Gasteiger partial charge in [-0.05, 0) is 49.6 Å². The lowest BCUT2D eigenvalue weighted by Crippen LogP contribution is -2.29. The van der Waals surface area contributed by atoms with E-state index in [1.807, 2.05) is 13.8 Å². The van der Waals surface area contributed by atoms with E-state index >= 15 is 0 Å². The third kappa shape index (κ3) is 4.19. The molecule has 1 N–H and O–H groups in total. The van der Waals surface area contributed by atoms with E-state index < -0.39 is 17.2 Å². The summed E-state index contributed by atoms with van der Waals surface area (Å²) in [7, 11) is 1.44. The summed E-state index contributed by atoms with van der Waals surface area (Å²) in [6, 6.07) is 5.21. The SMILES string of the molecule is COCCn1c(O)c(C(=O)COc2cc(C)c(Cl)c(C)c2)c(C)c(C#N)c1=O. The van der Waals surface area contributed by atoms with Crippen LogP contribution in [-0.2, 0) is 11.3 Å². The average molecular weight is 405 g/mol. The maximum absolute atomic E-state index is 12.7. The Kier molecular flexibility index (Phi) is 6.84. The number of aromatic hydroxyl groups is 1. The Balaban J connectivity index is 2.39. The molecular formula is C20H21ClN2O5. The number of methoxy groups -OCH3 is 1. The molecule has 0 spiro atoms. The lowest BCUT2D eigenvalue weighted by molar-refractivity contribution is 0.0915. The van der Waals surface area contributed by atoms with Crippen molar-refractivity contribution in [3.05, 3.63) is 55.3 Å². The van der Waals surface area contributed by atoms with Crippen LogP contribution < -0.4 is 10.3 Å². The average Bonchev–Trinajstić information content (AvgIpc) is 2.64. The Morgan fingerprint density at radius 3 is 2.43 bits per heavy atom. The van der Waals surface area contributed by atoms with Gasteiger partial charge in [-0.15, -0.1) is 0 Å². The molecule has 0 saturated heterocycles. The minimum Gasteiger partial charge on any atom is -0.494 e. The summed E-state index contributed by atoms with van der Waals surface area (Å²) >= 11 is 6.13. The highest BCUT2D eigenvalue weighted by Crippen LogP contribution is 2.27. The van der Waals surface area contributed by atoms with Gasteiger partial charge in [-0.25, -0.2) is 0 Å². The molecule has 7 nitrogen and oxygen atoms in total. The number of carbonyl (C=O) groups is 1. The summed E-state index contributed by atoms with van der Waals surface area (Å²) in [6.07, 6.45) is 0. The molecule has 2 rings (SSSR count). The van der Waals surface area contributed by atoms with Gasteiger partial charge in [-0.3, -0.25) is 14.2 Å². The highest BCUT2D eigenvalue weighted by atomic mass is 35.5. The summed E-state index contributed by atoms with van der Waals surface area (Å²) in [5.41, 5.74) is 0.753. The number of nitriles is 1. The van der Waals surface area contributed by atoms with Gasteiger partial charge in [0.1, 0.15) is 17.4 Å². The minimum absolute atomic E-state index is 0.00678. The summed E-state index contributed by atoms with van der Waals surface area (Å²) in [4.78, 5) is 25.1. The number of aryl methyl sites for hydroxylation is 2. The number of carbonyl (C=O) groups excluding carboxylic acids is 1. The second-order valence-electron chi connectivity index (χ2n) is 6.34. The van der Waals surface area contributed by atoms with E-state index in [-0.39, 0.29) is 36.4 Å². The third-order valence-electron chi connectivity index (χ3n) is 4.38. The quantitative estimate of drug-likeness (QED) is 0.712. The number of hydrogen-bond donors (Lipinski definition) is 1. The predicted octanol–water partition coefficient (Wildman–Crippen LogP) is 2.91. The van der Waals surface area contributed by atoms with Crippen LogP contribution in [0.15, 0.2) is 16.9 Å². The molecule has 0 aliphatic heterocycles. The van der Waals surface area contributed by atoms with E-state index in [9.17, 15) is 20.0 Å². The smallest absolute Gasteiger partial charge is 0.271 e. The molecule has 0 unspecified atom stereocenters. The minimum atomic E-state index is -0.670. The Bertz CT molecular complexity index is 998. The first kappa shape index (κ1) is 21.5. The van der Waals surface area contributed by atoms with Gasteiger partial charge >= 0.3 is 0 Å². The van der Waals surface area contributed by atoms with Crippen LogP contribution in [0.1, 0.15) is 32.6 Å². The Morgan fingerprint density at radius 2 is 1.89 bits per heavy atom. The molecule has 0 amide bonds. The molecule has 1 aromatic carbocycles. The van der Waals surface area contributed by atoms with Gasteiger partial charge in [0.2, 0.25) is 11.7 Å². The highest BCUT2D eigenvalue weighted by molar-refractivity contribution is 6.32. The molecule has 0 bridgehead atoms. The number of ether oxygens (including phenoxy) is 2. The molecule has 8 heteroatoms. The first-order valence-corrected chi connectivity index (χ1v) is 8.88. The normalized spacial score (nSPS) is 10.6. The van der Waals surface area contributed by atoms with Crippen LogP contribution in [0, 0.1) is 32.1 Å². The van der Waals surface area contributed by atoms with Crippen molar-refractivity contribution >= 4 is 17.4 Å². The number of nitrogens with zero attached hydrogens (tertiary/aromatic N) is 2. The monoisotopic (exact) mass is 404 g/mol. The van der Waals surface area contributed by atoms with Gasteiger partial charge < -0.3 is 14.6 Å². The fourth-order valence-electron chi connectivity index (χ4n) is 2.89. The van der Waals surface area contributed by atoms with Gasteiger partial charge in [0.15, 0.2) is 6.61 Å². The Labute approximate surface area is 167 Å². The van der Waals surface area contributed by atoms with Crippen molar-refractivity contribution in [2.45, 2.75) is 27.3 Å². The second-order valence-corrected chi connectivity index (χ2v) is 6.72. The van der Waals surface area contributed by atoms with E-state index in [0.717, 1.165) is 15.7 Å². The molecule has 148 valence electrons. The van der Waals surface area contributed by atoms with Crippen molar-refractivity contribution in [3.63, 3.8) is 0 Å². The molecule has 0 fully saturated rings. The van der Waals surface area contributed by atoms with Crippen molar-refractivity contribution in [2.24, 2.45) is 0 Å². The largest absolute Gasteiger partial charge is 0.494 e. The van der Waals surface area contributed by atoms with Crippen molar-refractivity contribution < 1.29 is 19.4 Å². The third-order valence-corrected chi connectivity index (χ3v) is 4.97. The van der Waals surface area contributed by atoms with Crippen molar-refractivity contribution in [3.8, 4) is 17.7 Å². The summed E-state index contributed by atoms with van der Waals surface area (Å²) < 4.78 is 11.4. The van der Waals surface area contributed by atoms with Gasteiger partial charge in [-0.2, -0.15) is 5.26 Å². The Hall–Kier alpha value is -2.82. The van der Waals surface area contributed by atoms with Crippen molar-refractivity contribution in [1.29, 1.82) is 5.26 Å². The van der Waals surface area contributed by atoms with Crippen LogP contribution in [0.2, 0.25) is 5.02 Å². The maximum atomic E-state index is 12.7. The van der Waals surface area contributed by atoms with E-state index in [1.54, 1.807) is 18.2 Å². The van der Waals surface area contributed by atoms with Crippen LogP contribution in [0.3, 0.4) is 0 Å². The summed E-state index contributed by atoms with van der Waals surface area (Å²) in [5.74, 6) is -0.600. The van der Waals surface area contributed by atoms with Gasteiger partial charge in [-0.1, -0.05) is 11.6 Å². The van der Waals surface area contributed by atoms with Crippen LogP contribution in [0.25, 0.3) is 0 Å². The predicted molar refractivity (Wildman–Crippen MR) is 104 cm³/mol.